The molecule has 2 heterocycles. The Kier molecular flexibility index (Phi) is 10.7. The van der Waals surface area contributed by atoms with Crippen LogP contribution in [-0.4, -0.2) is 63.8 Å². The van der Waals surface area contributed by atoms with Crippen molar-refractivity contribution in [3.63, 3.8) is 0 Å². The smallest absolute Gasteiger partial charge is 0.414 e. The Morgan fingerprint density at radius 3 is 2.41 bits per heavy atom. The van der Waals surface area contributed by atoms with E-state index in [1.807, 2.05) is 0 Å². The van der Waals surface area contributed by atoms with Crippen LogP contribution < -0.4 is 4.74 Å². The van der Waals surface area contributed by atoms with Gasteiger partial charge in [0.1, 0.15) is 5.69 Å². The molecular weight excluding hydrogens is 350 g/mol. The molecule has 27 heavy (non-hydrogen) atoms. The molecule has 0 amide bonds. The van der Waals surface area contributed by atoms with Gasteiger partial charge in [-0.15, -0.1) is 0 Å². The minimum atomic E-state index is -1.82. The second-order valence-corrected chi connectivity index (χ2v) is 6.34. The predicted molar refractivity (Wildman–Crippen MR) is 102 cm³/mol. The van der Waals surface area contributed by atoms with Crippen LogP contribution in [0.1, 0.15) is 51.1 Å². The molecule has 0 atom stereocenters. The van der Waals surface area contributed by atoms with E-state index in [-0.39, 0.29) is 0 Å². The summed E-state index contributed by atoms with van der Waals surface area (Å²) in [5.74, 6) is -2.96. The summed E-state index contributed by atoms with van der Waals surface area (Å²) in [6.45, 7) is 5.00. The van der Waals surface area contributed by atoms with Crippen molar-refractivity contribution in [2.75, 3.05) is 26.7 Å². The van der Waals surface area contributed by atoms with Crippen molar-refractivity contribution in [1.82, 2.24) is 14.9 Å². The van der Waals surface area contributed by atoms with Crippen molar-refractivity contribution >= 4 is 17.5 Å². The van der Waals surface area contributed by atoms with E-state index >= 15 is 0 Å². The van der Waals surface area contributed by atoms with E-state index in [2.05, 4.69) is 34.9 Å². The number of hydrogen-bond donors (Lipinski definition) is 2. The van der Waals surface area contributed by atoms with Crippen molar-refractivity contribution < 1.29 is 24.5 Å². The average molecular weight is 379 g/mol. The molecule has 1 aliphatic rings. The van der Waals surface area contributed by atoms with Gasteiger partial charge < -0.3 is 19.8 Å². The summed E-state index contributed by atoms with van der Waals surface area (Å²) in [5, 5.41) is 14.8. The molecule has 150 valence electrons. The van der Waals surface area contributed by atoms with Gasteiger partial charge in [-0.3, -0.25) is 0 Å². The first-order valence-electron chi connectivity index (χ1n) is 9.23. The van der Waals surface area contributed by atoms with Crippen molar-refractivity contribution in [3.05, 3.63) is 24.2 Å². The van der Waals surface area contributed by atoms with Crippen molar-refractivity contribution in [2.24, 2.45) is 0 Å². The maximum Gasteiger partial charge on any atom is 0.414 e. The third-order valence-corrected chi connectivity index (χ3v) is 3.98. The average Bonchev–Trinajstić information content (AvgIpc) is 2.65. The summed E-state index contributed by atoms with van der Waals surface area (Å²) in [7, 11) is 2.14. The number of nitrogens with zero attached hydrogens (tertiary/aromatic N) is 3. The largest absolute Gasteiger partial charge is 0.476 e. The van der Waals surface area contributed by atoms with Crippen LogP contribution in [0.4, 0.5) is 0 Å². The number of hydrogen-bond acceptors (Lipinski definition) is 6. The summed E-state index contributed by atoms with van der Waals surface area (Å²) in [5.41, 5.74) is 2.15. The van der Waals surface area contributed by atoms with Gasteiger partial charge in [0.2, 0.25) is 5.88 Å². The Balaban J connectivity index is 0.000000527. The highest BCUT2D eigenvalue weighted by Crippen LogP contribution is 2.24. The van der Waals surface area contributed by atoms with E-state index in [9.17, 15) is 0 Å². The van der Waals surface area contributed by atoms with Gasteiger partial charge in [0, 0.05) is 25.5 Å². The number of ether oxygens (including phenoxy) is 1. The van der Waals surface area contributed by atoms with Crippen molar-refractivity contribution in [1.29, 1.82) is 0 Å². The minimum absolute atomic E-state index is 0.689. The highest BCUT2D eigenvalue weighted by molar-refractivity contribution is 6.27. The Labute approximate surface area is 159 Å². The zero-order valence-electron chi connectivity index (χ0n) is 16.1. The molecule has 0 fully saturated rings. The Morgan fingerprint density at radius 1 is 1.11 bits per heavy atom. The zero-order valence-corrected chi connectivity index (χ0v) is 16.1. The van der Waals surface area contributed by atoms with Crippen LogP contribution in [-0.2, 0) is 9.59 Å². The summed E-state index contributed by atoms with van der Waals surface area (Å²) >= 11 is 0. The van der Waals surface area contributed by atoms with Gasteiger partial charge in [-0.2, -0.15) is 0 Å². The number of aliphatic carboxylic acids is 2. The molecular formula is C19H29N3O5. The molecule has 0 bridgehead atoms. The van der Waals surface area contributed by atoms with Crippen LogP contribution in [0.2, 0.25) is 0 Å². The van der Waals surface area contributed by atoms with E-state index in [1.165, 1.54) is 31.3 Å². The second kappa shape index (κ2) is 12.8. The van der Waals surface area contributed by atoms with Gasteiger partial charge in [-0.25, -0.2) is 19.6 Å². The summed E-state index contributed by atoms with van der Waals surface area (Å²) in [4.78, 5) is 29.4. The predicted octanol–water partition coefficient (Wildman–Crippen LogP) is 2.70. The fraction of sp³-hybridized carbons (Fsp3) is 0.579. The Bertz CT molecular complexity index is 622. The highest BCUT2D eigenvalue weighted by atomic mass is 16.5. The van der Waals surface area contributed by atoms with Crippen LogP contribution in [0.25, 0.3) is 5.57 Å². The molecule has 1 aromatic rings. The van der Waals surface area contributed by atoms with E-state index in [0.29, 0.717) is 5.88 Å². The lowest BCUT2D eigenvalue weighted by Gasteiger charge is -2.23. The Hall–Kier alpha value is -2.48. The van der Waals surface area contributed by atoms with E-state index < -0.39 is 11.9 Å². The second-order valence-electron chi connectivity index (χ2n) is 6.34. The fourth-order valence-electron chi connectivity index (χ4n) is 2.59. The Morgan fingerprint density at radius 2 is 1.78 bits per heavy atom. The third-order valence-electron chi connectivity index (χ3n) is 3.98. The SMILES string of the molecule is CCCCCCCOc1nccnc1C1=CCCN(C)C1.O=C(O)C(=O)O. The third kappa shape index (κ3) is 9.14. The van der Waals surface area contributed by atoms with E-state index in [1.54, 1.807) is 12.4 Å². The molecule has 2 N–H and O–H groups in total. The minimum Gasteiger partial charge on any atom is -0.476 e. The first kappa shape index (κ1) is 22.6. The number of unbranched alkanes of at least 4 members (excludes halogenated alkanes) is 4. The fourth-order valence-corrected chi connectivity index (χ4v) is 2.59. The van der Waals surface area contributed by atoms with Gasteiger partial charge in [0.25, 0.3) is 0 Å². The maximum atomic E-state index is 9.10. The van der Waals surface area contributed by atoms with Gasteiger partial charge in [0.15, 0.2) is 0 Å². The number of likely N-dealkylation sites (N-methyl/N-ethyl adjacent to an activating group) is 1. The molecule has 8 heteroatoms. The van der Waals surface area contributed by atoms with Crippen LogP contribution >= 0.6 is 0 Å². The molecule has 0 spiro atoms. The van der Waals surface area contributed by atoms with Gasteiger partial charge in [-0.1, -0.05) is 38.7 Å². The number of aromatic nitrogens is 2. The maximum absolute atomic E-state index is 9.10. The van der Waals surface area contributed by atoms with Crippen LogP contribution in [0.5, 0.6) is 5.88 Å². The molecule has 0 unspecified atom stereocenters. The normalized spacial score (nSPS) is 13.9. The van der Waals surface area contributed by atoms with Gasteiger partial charge in [0.05, 0.1) is 6.61 Å². The molecule has 0 saturated carbocycles. The standard InChI is InChI=1S/C17H27N3O.C2H2O4/c1-3-4-5-6-7-13-21-17-16(18-10-11-19-17)15-9-8-12-20(2)14-15;3-1(4)2(5)6/h9-11H,3-8,12-14H2,1-2H3;(H,3,4)(H,5,6). The molecule has 1 aromatic heterocycles. The molecule has 0 saturated heterocycles. The van der Waals surface area contributed by atoms with E-state index in [0.717, 1.165) is 38.2 Å². The van der Waals surface area contributed by atoms with E-state index in [4.69, 9.17) is 24.5 Å². The monoisotopic (exact) mass is 379 g/mol. The molecule has 1 aliphatic heterocycles. The highest BCUT2D eigenvalue weighted by Gasteiger charge is 2.16. The lowest BCUT2D eigenvalue weighted by atomic mass is 10.1. The number of rotatable bonds is 8. The van der Waals surface area contributed by atoms with Crippen LogP contribution in [0, 0.1) is 0 Å². The topological polar surface area (TPSA) is 113 Å². The summed E-state index contributed by atoms with van der Waals surface area (Å²) in [6.07, 6.45) is 13.0. The first-order valence-corrected chi connectivity index (χ1v) is 9.23. The quantitative estimate of drug-likeness (QED) is 0.524. The summed E-state index contributed by atoms with van der Waals surface area (Å²) in [6, 6.07) is 0. The lowest BCUT2D eigenvalue weighted by molar-refractivity contribution is -0.159. The van der Waals surface area contributed by atoms with Gasteiger partial charge >= 0.3 is 11.9 Å². The molecule has 0 aromatic carbocycles. The van der Waals surface area contributed by atoms with Crippen LogP contribution in [0.15, 0.2) is 18.5 Å². The van der Waals surface area contributed by atoms with Crippen molar-refractivity contribution in [2.45, 2.75) is 45.4 Å². The lowest BCUT2D eigenvalue weighted by Crippen LogP contribution is -2.25. The van der Waals surface area contributed by atoms with Gasteiger partial charge in [-0.05, 0) is 25.5 Å². The zero-order chi connectivity index (χ0) is 20.1. The number of carboxylic acids is 2. The number of carboxylic acid groups (broad SMARTS) is 2. The van der Waals surface area contributed by atoms with Crippen LogP contribution in [0.3, 0.4) is 0 Å². The molecule has 0 radical (unpaired) electrons. The molecule has 2 rings (SSSR count). The van der Waals surface area contributed by atoms with Crippen molar-refractivity contribution in [3.8, 4) is 5.88 Å². The molecule has 0 aliphatic carbocycles. The summed E-state index contributed by atoms with van der Waals surface area (Å²) < 4.78 is 5.87. The first-order chi connectivity index (χ1) is 13.0. The number of carbonyl (C=O) groups is 2. The molecule has 8 nitrogen and oxygen atoms in total.